The van der Waals surface area contributed by atoms with E-state index in [1.165, 1.54) is 5.56 Å². The number of nitrogens with zero attached hydrogens (tertiary/aromatic N) is 2. The fourth-order valence-electron chi connectivity index (χ4n) is 3.20. The lowest BCUT2D eigenvalue weighted by Crippen LogP contribution is -2.45. The molecule has 0 radical (unpaired) electrons. The van der Waals surface area contributed by atoms with Crippen molar-refractivity contribution >= 4 is 0 Å². The minimum Gasteiger partial charge on any atom is -0.493 e. The number of methoxy groups -OCH3 is 2. The van der Waals surface area contributed by atoms with Gasteiger partial charge in [-0.1, -0.05) is 12.1 Å². The summed E-state index contributed by atoms with van der Waals surface area (Å²) >= 11 is 0. The average Bonchev–Trinajstić information content (AvgIpc) is 2.63. The molecule has 1 aliphatic rings. The van der Waals surface area contributed by atoms with Crippen LogP contribution in [0.4, 0.5) is 0 Å². The molecule has 1 unspecified atom stereocenters. The number of nitrogens with one attached hydrogen (secondary N) is 1. The fourth-order valence-corrected chi connectivity index (χ4v) is 3.20. The summed E-state index contributed by atoms with van der Waals surface area (Å²) in [6, 6.07) is 10.4. The first-order chi connectivity index (χ1) is 11.3. The molecule has 1 fully saturated rings. The van der Waals surface area contributed by atoms with Crippen molar-refractivity contribution in [2.24, 2.45) is 0 Å². The first-order valence-corrected chi connectivity index (χ1v) is 7.90. The molecule has 0 saturated carbocycles. The van der Waals surface area contributed by atoms with E-state index in [0.29, 0.717) is 0 Å². The first kappa shape index (κ1) is 15.8. The monoisotopic (exact) mass is 313 g/mol. The van der Waals surface area contributed by atoms with Crippen LogP contribution < -0.4 is 14.8 Å². The molecule has 0 aliphatic carbocycles. The van der Waals surface area contributed by atoms with Crippen molar-refractivity contribution in [2.75, 3.05) is 40.4 Å². The third-order valence-electron chi connectivity index (χ3n) is 4.27. The summed E-state index contributed by atoms with van der Waals surface area (Å²) in [6.45, 7) is 3.97. The number of para-hydroxylation sites is 1. The van der Waals surface area contributed by atoms with E-state index in [1.807, 2.05) is 24.5 Å². The Morgan fingerprint density at radius 2 is 1.78 bits per heavy atom. The zero-order chi connectivity index (χ0) is 16.1. The SMILES string of the molecule is COc1cccc(C(c2ccncc2)N2CCNCC2)c1OC. The second-order valence-electron chi connectivity index (χ2n) is 5.55. The highest BCUT2D eigenvalue weighted by Crippen LogP contribution is 2.39. The quantitative estimate of drug-likeness (QED) is 0.916. The minimum atomic E-state index is 0.130. The molecule has 1 aromatic heterocycles. The van der Waals surface area contributed by atoms with Crippen LogP contribution in [-0.4, -0.2) is 50.3 Å². The zero-order valence-corrected chi connectivity index (χ0v) is 13.7. The lowest BCUT2D eigenvalue weighted by atomic mass is 9.96. The Morgan fingerprint density at radius 1 is 1.04 bits per heavy atom. The topological polar surface area (TPSA) is 46.6 Å². The van der Waals surface area contributed by atoms with Gasteiger partial charge in [0, 0.05) is 44.1 Å². The largest absolute Gasteiger partial charge is 0.493 e. The standard InChI is InChI=1S/C18H23N3O2/c1-22-16-5-3-4-15(18(16)23-2)17(14-6-8-19-9-7-14)21-12-10-20-11-13-21/h3-9,17,20H,10-13H2,1-2H3. The minimum absolute atomic E-state index is 0.130. The van der Waals surface area contributed by atoms with Crippen molar-refractivity contribution < 1.29 is 9.47 Å². The predicted molar refractivity (Wildman–Crippen MR) is 90.1 cm³/mol. The molecule has 5 heteroatoms. The van der Waals surface area contributed by atoms with Crippen molar-refractivity contribution in [3.05, 3.63) is 53.9 Å². The van der Waals surface area contributed by atoms with E-state index in [0.717, 1.165) is 43.2 Å². The van der Waals surface area contributed by atoms with Gasteiger partial charge in [0.25, 0.3) is 0 Å². The van der Waals surface area contributed by atoms with Gasteiger partial charge in [-0.25, -0.2) is 0 Å². The predicted octanol–water partition coefficient (Wildman–Crippen LogP) is 2.09. The van der Waals surface area contributed by atoms with Gasteiger partial charge in [0.05, 0.1) is 20.3 Å². The number of ether oxygens (including phenoxy) is 2. The van der Waals surface area contributed by atoms with Crippen LogP contribution in [0.1, 0.15) is 17.2 Å². The van der Waals surface area contributed by atoms with Crippen LogP contribution in [0.5, 0.6) is 11.5 Å². The van der Waals surface area contributed by atoms with Crippen molar-refractivity contribution in [1.29, 1.82) is 0 Å². The third-order valence-corrected chi connectivity index (χ3v) is 4.27. The van der Waals surface area contributed by atoms with Crippen LogP contribution in [-0.2, 0) is 0 Å². The molecule has 1 saturated heterocycles. The molecule has 3 rings (SSSR count). The summed E-state index contributed by atoms with van der Waals surface area (Å²) in [7, 11) is 3.37. The van der Waals surface area contributed by atoms with Crippen molar-refractivity contribution in [3.8, 4) is 11.5 Å². The Morgan fingerprint density at radius 3 is 2.43 bits per heavy atom. The first-order valence-electron chi connectivity index (χ1n) is 7.90. The van der Waals surface area contributed by atoms with Crippen LogP contribution in [0, 0.1) is 0 Å². The van der Waals surface area contributed by atoms with Gasteiger partial charge in [-0.2, -0.15) is 0 Å². The second kappa shape index (κ2) is 7.44. The zero-order valence-electron chi connectivity index (χ0n) is 13.7. The average molecular weight is 313 g/mol. The molecule has 0 spiro atoms. The molecule has 1 aliphatic heterocycles. The maximum absolute atomic E-state index is 5.68. The summed E-state index contributed by atoms with van der Waals surface area (Å²) in [5.41, 5.74) is 2.34. The van der Waals surface area contributed by atoms with E-state index >= 15 is 0 Å². The maximum Gasteiger partial charge on any atom is 0.165 e. The van der Waals surface area contributed by atoms with Gasteiger partial charge in [-0.15, -0.1) is 0 Å². The van der Waals surface area contributed by atoms with E-state index in [-0.39, 0.29) is 6.04 Å². The highest BCUT2D eigenvalue weighted by molar-refractivity contribution is 5.50. The lowest BCUT2D eigenvalue weighted by Gasteiger charge is -2.36. The van der Waals surface area contributed by atoms with Crippen LogP contribution in [0.2, 0.25) is 0 Å². The summed E-state index contributed by atoms with van der Waals surface area (Å²) in [5, 5.41) is 3.41. The smallest absolute Gasteiger partial charge is 0.165 e. The second-order valence-corrected chi connectivity index (χ2v) is 5.55. The van der Waals surface area contributed by atoms with Crippen molar-refractivity contribution in [1.82, 2.24) is 15.2 Å². The molecule has 1 atom stereocenters. The molecule has 122 valence electrons. The van der Waals surface area contributed by atoms with Gasteiger partial charge in [0.15, 0.2) is 11.5 Å². The molecular formula is C18H23N3O2. The molecule has 0 bridgehead atoms. The number of hydrogen-bond acceptors (Lipinski definition) is 5. The highest BCUT2D eigenvalue weighted by atomic mass is 16.5. The number of pyridine rings is 1. The molecule has 1 aromatic carbocycles. The fraction of sp³-hybridized carbons (Fsp3) is 0.389. The summed E-state index contributed by atoms with van der Waals surface area (Å²) in [5.74, 6) is 1.56. The summed E-state index contributed by atoms with van der Waals surface area (Å²) in [4.78, 5) is 6.63. The Kier molecular flexibility index (Phi) is 5.10. The number of benzene rings is 1. The summed E-state index contributed by atoms with van der Waals surface area (Å²) < 4.78 is 11.2. The van der Waals surface area contributed by atoms with E-state index in [4.69, 9.17) is 9.47 Å². The van der Waals surface area contributed by atoms with Crippen molar-refractivity contribution in [2.45, 2.75) is 6.04 Å². The lowest BCUT2D eigenvalue weighted by molar-refractivity contribution is 0.194. The number of aromatic nitrogens is 1. The van der Waals surface area contributed by atoms with E-state index < -0.39 is 0 Å². The van der Waals surface area contributed by atoms with Gasteiger partial charge >= 0.3 is 0 Å². The third kappa shape index (κ3) is 3.30. The van der Waals surface area contributed by atoms with E-state index in [1.54, 1.807) is 14.2 Å². The molecule has 0 amide bonds. The number of piperazine rings is 1. The Balaban J connectivity index is 2.08. The van der Waals surface area contributed by atoms with Gasteiger partial charge in [0.2, 0.25) is 0 Å². The van der Waals surface area contributed by atoms with E-state index in [2.05, 4.69) is 33.4 Å². The number of hydrogen-bond donors (Lipinski definition) is 1. The Hall–Kier alpha value is -2.11. The van der Waals surface area contributed by atoms with Gasteiger partial charge in [-0.05, 0) is 23.8 Å². The van der Waals surface area contributed by atoms with Gasteiger partial charge in [-0.3, -0.25) is 9.88 Å². The number of rotatable bonds is 5. The van der Waals surface area contributed by atoms with Gasteiger partial charge < -0.3 is 14.8 Å². The van der Waals surface area contributed by atoms with Gasteiger partial charge in [0.1, 0.15) is 0 Å². The van der Waals surface area contributed by atoms with Crippen LogP contribution in [0.15, 0.2) is 42.7 Å². The molecule has 2 aromatic rings. The molecule has 1 N–H and O–H groups in total. The van der Waals surface area contributed by atoms with Crippen LogP contribution in [0.3, 0.4) is 0 Å². The Labute approximate surface area is 137 Å². The molecule has 2 heterocycles. The van der Waals surface area contributed by atoms with Crippen LogP contribution in [0.25, 0.3) is 0 Å². The molecule has 5 nitrogen and oxygen atoms in total. The van der Waals surface area contributed by atoms with E-state index in [9.17, 15) is 0 Å². The van der Waals surface area contributed by atoms with Crippen LogP contribution >= 0.6 is 0 Å². The summed E-state index contributed by atoms with van der Waals surface area (Å²) in [6.07, 6.45) is 3.69. The highest BCUT2D eigenvalue weighted by Gasteiger charge is 2.27. The molecule has 23 heavy (non-hydrogen) atoms. The maximum atomic E-state index is 5.68. The van der Waals surface area contributed by atoms with Crippen molar-refractivity contribution in [3.63, 3.8) is 0 Å². The Bertz CT molecular complexity index is 627. The molecular weight excluding hydrogens is 290 g/mol. The normalized spacial score (nSPS) is 16.8.